The summed E-state index contributed by atoms with van der Waals surface area (Å²) in [5.74, 6) is 3.43. The second-order valence-electron chi connectivity index (χ2n) is 6.07. The lowest BCUT2D eigenvalue weighted by Gasteiger charge is -2.34. The molecule has 1 saturated heterocycles. The molecule has 0 saturated carbocycles. The Kier molecular flexibility index (Phi) is 5.08. The molecule has 2 aromatic rings. The van der Waals surface area contributed by atoms with Crippen LogP contribution in [0.25, 0.3) is 11.1 Å². The number of nitrogens with one attached hydrogen (secondary N) is 1. The van der Waals surface area contributed by atoms with Gasteiger partial charge in [0.1, 0.15) is 5.52 Å². The minimum atomic E-state index is -0.179. The lowest BCUT2D eigenvalue weighted by Crippen LogP contribution is -2.48. The van der Waals surface area contributed by atoms with Gasteiger partial charge in [-0.2, -0.15) is 0 Å². The van der Waals surface area contributed by atoms with Crippen LogP contribution in [-0.4, -0.2) is 41.5 Å². The van der Waals surface area contributed by atoms with Gasteiger partial charge in [0, 0.05) is 10.9 Å². The molecule has 0 bridgehead atoms. The van der Waals surface area contributed by atoms with Crippen LogP contribution in [0.15, 0.2) is 22.6 Å². The predicted octanol–water partition coefficient (Wildman–Crippen LogP) is 2.80. The van der Waals surface area contributed by atoms with Crippen molar-refractivity contribution in [1.82, 2.24) is 15.2 Å². The Balaban J connectivity index is 1.61. The van der Waals surface area contributed by atoms with E-state index in [0.29, 0.717) is 5.02 Å². The number of halogens is 1. The summed E-state index contributed by atoms with van der Waals surface area (Å²) in [6.07, 6.45) is 7.00. The van der Waals surface area contributed by atoms with Gasteiger partial charge in [0.15, 0.2) is 11.5 Å². The number of carbonyl (C=O) groups excluding carboxylic acids is 1. The highest BCUT2D eigenvalue weighted by molar-refractivity contribution is 6.31. The van der Waals surface area contributed by atoms with Crippen molar-refractivity contribution >= 4 is 28.6 Å². The standard InChI is InChI=1S/C18H20ClN3O2/c1-3-8-20-17(23)12(2)22-9-6-13(7-10-22)18-21-15-11-14(19)4-5-16(15)24-18/h1,4-5,11-13H,6-10H2,2H3,(H,20,23). The molecule has 1 fully saturated rings. The first kappa shape index (κ1) is 16.8. The van der Waals surface area contributed by atoms with Crippen molar-refractivity contribution in [1.29, 1.82) is 0 Å². The molecule has 5 nitrogen and oxygen atoms in total. The zero-order valence-corrected chi connectivity index (χ0v) is 14.3. The molecule has 1 amide bonds. The third-order valence-corrected chi connectivity index (χ3v) is 4.77. The van der Waals surface area contributed by atoms with Gasteiger partial charge in [-0.3, -0.25) is 9.69 Å². The summed E-state index contributed by atoms with van der Waals surface area (Å²) < 4.78 is 5.87. The van der Waals surface area contributed by atoms with Crippen LogP contribution in [0.4, 0.5) is 0 Å². The van der Waals surface area contributed by atoms with E-state index < -0.39 is 0 Å². The number of amides is 1. The lowest BCUT2D eigenvalue weighted by molar-refractivity contribution is -0.126. The zero-order valence-electron chi connectivity index (χ0n) is 13.6. The highest BCUT2D eigenvalue weighted by atomic mass is 35.5. The Hall–Kier alpha value is -2.03. The molecule has 1 unspecified atom stereocenters. The van der Waals surface area contributed by atoms with Gasteiger partial charge in [-0.15, -0.1) is 6.42 Å². The smallest absolute Gasteiger partial charge is 0.237 e. The van der Waals surface area contributed by atoms with E-state index in [-0.39, 0.29) is 24.4 Å². The van der Waals surface area contributed by atoms with E-state index in [2.05, 4.69) is 21.1 Å². The molecular weight excluding hydrogens is 326 g/mol. The number of oxazole rings is 1. The molecule has 6 heteroatoms. The van der Waals surface area contributed by atoms with E-state index >= 15 is 0 Å². The van der Waals surface area contributed by atoms with Crippen molar-refractivity contribution in [2.75, 3.05) is 19.6 Å². The molecule has 1 aromatic heterocycles. The van der Waals surface area contributed by atoms with E-state index in [1.54, 1.807) is 6.07 Å². The van der Waals surface area contributed by atoms with E-state index in [9.17, 15) is 4.79 Å². The number of benzene rings is 1. The number of carbonyl (C=O) groups is 1. The topological polar surface area (TPSA) is 58.4 Å². The lowest BCUT2D eigenvalue weighted by atomic mass is 9.95. The van der Waals surface area contributed by atoms with Gasteiger partial charge in [0.05, 0.1) is 12.6 Å². The SMILES string of the molecule is C#CCNC(=O)C(C)N1CCC(c2nc3cc(Cl)ccc3o2)CC1. The number of rotatable bonds is 4. The maximum absolute atomic E-state index is 12.0. The number of fused-ring (bicyclic) bond motifs is 1. The molecule has 1 atom stereocenters. The highest BCUT2D eigenvalue weighted by Gasteiger charge is 2.29. The molecule has 1 N–H and O–H groups in total. The average molecular weight is 346 g/mol. The number of nitrogens with zero attached hydrogens (tertiary/aromatic N) is 2. The summed E-state index contributed by atoms with van der Waals surface area (Å²) in [7, 11) is 0. The van der Waals surface area contributed by atoms with Crippen molar-refractivity contribution in [3.63, 3.8) is 0 Å². The predicted molar refractivity (Wildman–Crippen MR) is 93.9 cm³/mol. The van der Waals surface area contributed by atoms with Crippen molar-refractivity contribution < 1.29 is 9.21 Å². The molecular formula is C18H20ClN3O2. The number of likely N-dealkylation sites (tertiary alicyclic amines) is 1. The van der Waals surface area contributed by atoms with Crippen molar-refractivity contribution in [3.05, 3.63) is 29.1 Å². The van der Waals surface area contributed by atoms with Crippen LogP contribution < -0.4 is 5.32 Å². The Morgan fingerprint density at radius 2 is 2.29 bits per heavy atom. The van der Waals surface area contributed by atoms with Gasteiger partial charge in [-0.1, -0.05) is 17.5 Å². The molecule has 0 spiro atoms. The van der Waals surface area contributed by atoms with Crippen LogP contribution in [0.5, 0.6) is 0 Å². The van der Waals surface area contributed by atoms with Gasteiger partial charge in [0.25, 0.3) is 0 Å². The molecule has 24 heavy (non-hydrogen) atoms. The second kappa shape index (κ2) is 7.25. The van der Waals surface area contributed by atoms with E-state index in [4.69, 9.17) is 22.4 Å². The number of hydrogen-bond acceptors (Lipinski definition) is 4. The quantitative estimate of drug-likeness (QED) is 0.866. The van der Waals surface area contributed by atoms with Gasteiger partial charge < -0.3 is 9.73 Å². The molecule has 0 radical (unpaired) electrons. The van der Waals surface area contributed by atoms with Crippen LogP contribution in [0.1, 0.15) is 31.6 Å². The van der Waals surface area contributed by atoms with Crippen molar-refractivity contribution in [2.45, 2.75) is 31.7 Å². The minimum absolute atomic E-state index is 0.0251. The number of hydrogen-bond donors (Lipinski definition) is 1. The number of aromatic nitrogens is 1. The minimum Gasteiger partial charge on any atom is -0.440 e. The van der Waals surface area contributed by atoms with Crippen LogP contribution >= 0.6 is 11.6 Å². The summed E-state index contributed by atoms with van der Waals surface area (Å²) in [6, 6.07) is 5.29. The van der Waals surface area contributed by atoms with E-state index in [0.717, 1.165) is 42.9 Å². The molecule has 2 heterocycles. The number of terminal acetylenes is 1. The summed E-state index contributed by atoms with van der Waals surface area (Å²) in [5, 5.41) is 3.39. The molecule has 1 aliphatic heterocycles. The molecule has 3 rings (SSSR count). The van der Waals surface area contributed by atoms with Gasteiger partial charge in [-0.05, 0) is 51.1 Å². The van der Waals surface area contributed by atoms with Crippen molar-refractivity contribution in [2.24, 2.45) is 0 Å². The monoisotopic (exact) mass is 345 g/mol. The van der Waals surface area contributed by atoms with Crippen LogP contribution in [-0.2, 0) is 4.79 Å². The average Bonchev–Trinajstić information content (AvgIpc) is 3.02. The summed E-state index contributed by atoms with van der Waals surface area (Å²) in [5.41, 5.74) is 1.56. The zero-order chi connectivity index (χ0) is 17.1. The third kappa shape index (κ3) is 3.55. The highest BCUT2D eigenvalue weighted by Crippen LogP contribution is 2.31. The van der Waals surface area contributed by atoms with Gasteiger partial charge in [0.2, 0.25) is 5.91 Å². The van der Waals surface area contributed by atoms with Gasteiger partial charge in [-0.25, -0.2) is 4.98 Å². The first-order valence-corrected chi connectivity index (χ1v) is 8.47. The molecule has 1 aromatic carbocycles. The van der Waals surface area contributed by atoms with Crippen LogP contribution in [0.2, 0.25) is 5.02 Å². The Morgan fingerprint density at radius 3 is 3.00 bits per heavy atom. The maximum Gasteiger partial charge on any atom is 0.237 e. The summed E-state index contributed by atoms with van der Waals surface area (Å²) >= 11 is 5.99. The van der Waals surface area contributed by atoms with E-state index in [1.165, 1.54) is 0 Å². The molecule has 126 valence electrons. The number of piperidine rings is 1. The Morgan fingerprint density at radius 1 is 1.54 bits per heavy atom. The Labute approximate surface area is 146 Å². The maximum atomic E-state index is 12.0. The first-order valence-electron chi connectivity index (χ1n) is 8.09. The van der Waals surface area contributed by atoms with Crippen LogP contribution in [0, 0.1) is 12.3 Å². The normalized spacial score (nSPS) is 17.5. The fourth-order valence-electron chi connectivity index (χ4n) is 3.08. The molecule has 1 aliphatic rings. The second-order valence-corrected chi connectivity index (χ2v) is 6.51. The van der Waals surface area contributed by atoms with Crippen molar-refractivity contribution in [3.8, 4) is 12.3 Å². The summed E-state index contributed by atoms with van der Waals surface area (Å²) in [4.78, 5) is 18.8. The molecule has 0 aliphatic carbocycles. The fourth-order valence-corrected chi connectivity index (χ4v) is 3.24. The first-order chi connectivity index (χ1) is 11.6. The fraction of sp³-hybridized carbons (Fsp3) is 0.444. The third-order valence-electron chi connectivity index (χ3n) is 4.54. The summed E-state index contributed by atoms with van der Waals surface area (Å²) in [6.45, 7) is 3.84. The Bertz CT molecular complexity index is 772. The van der Waals surface area contributed by atoms with E-state index in [1.807, 2.05) is 19.1 Å². The largest absolute Gasteiger partial charge is 0.440 e. The van der Waals surface area contributed by atoms with Gasteiger partial charge >= 0.3 is 0 Å². The van der Waals surface area contributed by atoms with Crippen LogP contribution in [0.3, 0.4) is 0 Å².